The molecule has 6 heteroatoms. The van der Waals surface area contributed by atoms with Crippen molar-refractivity contribution in [2.75, 3.05) is 5.73 Å². The van der Waals surface area contributed by atoms with Crippen LogP contribution in [0.2, 0.25) is 0 Å². The van der Waals surface area contributed by atoms with Gasteiger partial charge in [0.05, 0.1) is 16.9 Å². The Morgan fingerprint density at radius 2 is 2.11 bits per heavy atom. The highest BCUT2D eigenvalue weighted by Gasteiger charge is 2.18. The van der Waals surface area contributed by atoms with Crippen LogP contribution in [-0.4, -0.2) is 26.3 Å². The van der Waals surface area contributed by atoms with Gasteiger partial charge in [0.2, 0.25) is 0 Å². The molecule has 6 nitrogen and oxygen atoms in total. The Kier molecular flexibility index (Phi) is 3.25. The van der Waals surface area contributed by atoms with Gasteiger partial charge >= 0.3 is 5.97 Å². The van der Waals surface area contributed by atoms with Crippen LogP contribution >= 0.6 is 0 Å². The second-order valence-corrected chi connectivity index (χ2v) is 5.12. The van der Waals surface area contributed by atoms with Crippen molar-refractivity contribution in [2.24, 2.45) is 0 Å². The molecule has 1 aromatic heterocycles. The van der Waals surface area contributed by atoms with Gasteiger partial charge in [-0.25, -0.2) is 14.5 Å². The smallest absolute Gasteiger partial charge is 0.338 e. The lowest BCUT2D eigenvalue weighted by molar-refractivity contribution is 0.00696. The van der Waals surface area contributed by atoms with Gasteiger partial charge in [-0.1, -0.05) is 0 Å². The maximum absolute atomic E-state index is 11.9. The molecule has 0 saturated heterocycles. The van der Waals surface area contributed by atoms with E-state index in [0.29, 0.717) is 16.9 Å². The molecule has 0 amide bonds. The van der Waals surface area contributed by atoms with E-state index in [1.54, 1.807) is 24.5 Å². The third-order valence-corrected chi connectivity index (χ3v) is 2.33. The van der Waals surface area contributed by atoms with Gasteiger partial charge in [-0.2, -0.15) is 5.10 Å². The summed E-state index contributed by atoms with van der Waals surface area (Å²) in [5.41, 5.74) is 6.91. The molecule has 19 heavy (non-hydrogen) atoms. The van der Waals surface area contributed by atoms with Crippen molar-refractivity contribution in [3.8, 4) is 5.69 Å². The lowest BCUT2D eigenvalue weighted by Gasteiger charge is -2.19. The second-order valence-electron chi connectivity index (χ2n) is 5.12. The first-order chi connectivity index (χ1) is 8.87. The SMILES string of the molecule is CC(C)(C)OC(=O)c1ccc(-n2cncn2)c(N)c1. The topological polar surface area (TPSA) is 83.0 Å². The molecule has 0 aliphatic heterocycles. The normalized spacial score (nSPS) is 11.3. The molecule has 0 spiro atoms. The predicted molar refractivity (Wildman–Crippen MR) is 70.9 cm³/mol. The van der Waals surface area contributed by atoms with Crippen molar-refractivity contribution in [1.82, 2.24) is 14.8 Å². The van der Waals surface area contributed by atoms with E-state index in [0.717, 1.165) is 0 Å². The fraction of sp³-hybridized carbons (Fsp3) is 0.308. The maximum atomic E-state index is 11.9. The molecule has 0 bridgehead atoms. The Morgan fingerprint density at radius 1 is 1.37 bits per heavy atom. The van der Waals surface area contributed by atoms with Crippen LogP contribution in [0.3, 0.4) is 0 Å². The molecule has 2 rings (SSSR count). The van der Waals surface area contributed by atoms with E-state index in [2.05, 4.69) is 10.1 Å². The summed E-state index contributed by atoms with van der Waals surface area (Å²) >= 11 is 0. The molecule has 1 heterocycles. The molecule has 0 radical (unpaired) electrons. The molecule has 0 aliphatic carbocycles. The van der Waals surface area contributed by atoms with Gasteiger partial charge in [0, 0.05) is 0 Å². The van der Waals surface area contributed by atoms with Gasteiger partial charge in [-0.15, -0.1) is 0 Å². The van der Waals surface area contributed by atoms with Crippen molar-refractivity contribution >= 4 is 11.7 Å². The molecule has 2 N–H and O–H groups in total. The summed E-state index contributed by atoms with van der Waals surface area (Å²) in [4.78, 5) is 15.7. The predicted octanol–water partition coefficient (Wildman–Crippen LogP) is 1.80. The Morgan fingerprint density at radius 3 is 2.63 bits per heavy atom. The van der Waals surface area contributed by atoms with Gasteiger partial charge < -0.3 is 10.5 Å². The summed E-state index contributed by atoms with van der Waals surface area (Å²) in [5.74, 6) is -0.399. The fourth-order valence-electron chi connectivity index (χ4n) is 1.56. The molecular weight excluding hydrogens is 244 g/mol. The summed E-state index contributed by atoms with van der Waals surface area (Å²) in [6, 6.07) is 4.94. The molecule has 0 aliphatic rings. The molecule has 100 valence electrons. The lowest BCUT2D eigenvalue weighted by Crippen LogP contribution is -2.24. The van der Waals surface area contributed by atoms with Crippen LogP contribution < -0.4 is 5.73 Å². The fourth-order valence-corrected chi connectivity index (χ4v) is 1.56. The number of ether oxygens (including phenoxy) is 1. The number of hydrogen-bond acceptors (Lipinski definition) is 5. The quantitative estimate of drug-likeness (QED) is 0.657. The summed E-state index contributed by atoms with van der Waals surface area (Å²) in [5, 5.41) is 3.99. The monoisotopic (exact) mass is 260 g/mol. The highest BCUT2D eigenvalue weighted by atomic mass is 16.6. The van der Waals surface area contributed by atoms with E-state index in [9.17, 15) is 4.79 Å². The van der Waals surface area contributed by atoms with Gasteiger partial charge in [-0.3, -0.25) is 0 Å². The van der Waals surface area contributed by atoms with E-state index in [1.165, 1.54) is 11.0 Å². The van der Waals surface area contributed by atoms with E-state index < -0.39 is 11.6 Å². The van der Waals surface area contributed by atoms with E-state index >= 15 is 0 Å². The average Bonchev–Trinajstić information content (AvgIpc) is 2.79. The number of aromatic nitrogens is 3. The van der Waals surface area contributed by atoms with E-state index in [4.69, 9.17) is 10.5 Å². The Bertz CT molecular complexity index is 585. The molecule has 1 aromatic carbocycles. The number of hydrogen-bond donors (Lipinski definition) is 1. The number of nitrogens with zero attached hydrogens (tertiary/aromatic N) is 3. The number of nitrogens with two attached hydrogens (primary N) is 1. The molecule has 0 fully saturated rings. The minimum Gasteiger partial charge on any atom is -0.456 e. The maximum Gasteiger partial charge on any atom is 0.338 e. The van der Waals surface area contributed by atoms with Gasteiger partial charge in [-0.05, 0) is 39.0 Å². The van der Waals surface area contributed by atoms with Crippen LogP contribution in [0.15, 0.2) is 30.9 Å². The van der Waals surface area contributed by atoms with Crippen LogP contribution in [0, 0.1) is 0 Å². The number of benzene rings is 1. The highest BCUT2D eigenvalue weighted by Crippen LogP contribution is 2.20. The van der Waals surface area contributed by atoms with E-state index in [1.807, 2.05) is 20.8 Å². The first kappa shape index (κ1) is 13.1. The zero-order valence-electron chi connectivity index (χ0n) is 11.1. The molecule has 0 saturated carbocycles. The minimum absolute atomic E-state index is 0.399. The molecule has 0 atom stereocenters. The first-order valence-electron chi connectivity index (χ1n) is 5.85. The van der Waals surface area contributed by atoms with E-state index in [-0.39, 0.29) is 0 Å². The van der Waals surface area contributed by atoms with Gasteiger partial charge in [0.1, 0.15) is 18.3 Å². The van der Waals surface area contributed by atoms with Crippen LogP contribution in [0.1, 0.15) is 31.1 Å². The van der Waals surface area contributed by atoms with Crippen LogP contribution in [-0.2, 0) is 4.74 Å². The third kappa shape index (κ3) is 3.09. The second kappa shape index (κ2) is 4.72. The van der Waals surface area contributed by atoms with Gasteiger partial charge in [0.15, 0.2) is 0 Å². The number of rotatable bonds is 2. The van der Waals surface area contributed by atoms with Crippen molar-refractivity contribution < 1.29 is 9.53 Å². The molecular formula is C13H16N4O2. The summed E-state index contributed by atoms with van der Waals surface area (Å²) in [6.45, 7) is 5.45. The average molecular weight is 260 g/mol. The minimum atomic E-state index is -0.531. The first-order valence-corrected chi connectivity index (χ1v) is 5.85. The zero-order chi connectivity index (χ0) is 14.0. The Labute approximate surface area is 111 Å². The Hall–Kier alpha value is -2.37. The number of esters is 1. The van der Waals surface area contributed by atoms with Crippen LogP contribution in [0.4, 0.5) is 5.69 Å². The molecule has 0 unspecified atom stereocenters. The standard InChI is InChI=1S/C13H16N4O2/c1-13(2,3)19-12(18)9-4-5-11(10(14)6-9)17-8-15-7-16-17/h4-8H,14H2,1-3H3. The Balaban J connectivity index is 2.27. The van der Waals surface area contributed by atoms with Crippen molar-refractivity contribution in [1.29, 1.82) is 0 Å². The lowest BCUT2D eigenvalue weighted by atomic mass is 10.1. The van der Waals surface area contributed by atoms with Crippen LogP contribution in [0.5, 0.6) is 0 Å². The summed E-state index contributed by atoms with van der Waals surface area (Å²) in [6.07, 6.45) is 2.96. The third-order valence-electron chi connectivity index (χ3n) is 2.33. The number of anilines is 1. The molecule has 2 aromatic rings. The zero-order valence-corrected chi connectivity index (χ0v) is 11.1. The van der Waals surface area contributed by atoms with Crippen molar-refractivity contribution in [2.45, 2.75) is 26.4 Å². The number of nitrogen functional groups attached to an aromatic ring is 1. The van der Waals surface area contributed by atoms with Gasteiger partial charge in [0.25, 0.3) is 0 Å². The highest BCUT2D eigenvalue weighted by molar-refractivity contribution is 5.91. The number of carbonyl (C=O) groups excluding carboxylic acids is 1. The van der Waals surface area contributed by atoms with Crippen molar-refractivity contribution in [3.63, 3.8) is 0 Å². The van der Waals surface area contributed by atoms with Crippen LogP contribution in [0.25, 0.3) is 5.69 Å². The summed E-state index contributed by atoms with van der Waals surface area (Å²) in [7, 11) is 0. The number of carbonyl (C=O) groups is 1. The summed E-state index contributed by atoms with van der Waals surface area (Å²) < 4.78 is 6.82. The largest absolute Gasteiger partial charge is 0.456 e. The van der Waals surface area contributed by atoms with Crippen molar-refractivity contribution in [3.05, 3.63) is 36.4 Å².